The van der Waals surface area contributed by atoms with Crippen LogP contribution < -0.4 is 5.32 Å². The van der Waals surface area contributed by atoms with Crippen molar-refractivity contribution >= 4 is 11.8 Å². The van der Waals surface area contributed by atoms with Crippen molar-refractivity contribution in [3.05, 3.63) is 35.6 Å². The van der Waals surface area contributed by atoms with Gasteiger partial charge < -0.3 is 10.2 Å². The Morgan fingerprint density at radius 2 is 1.66 bits per heavy atom. The van der Waals surface area contributed by atoms with Crippen LogP contribution in [-0.4, -0.2) is 53.8 Å². The second kappa shape index (κ2) is 10.2. The lowest BCUT2D eigenvalue weighted by Gasteiger charge is -2.38. The fourth-order valence-electron chi connectivity index (χ4n) is 4.46. The van der Waals surface area contributed by atoms with Crippen LogP contribution in [0.25, 0.3) is 0 Å². The van der Waals surface area contributed by atoms with Gasteiger partial charge in [-0.3, -0.25) is 14.5 Å². The predicted molar refractivity (Wildman–Crippen MR) is 112 cm³/mol. The molecule has 2 unspecified atom stereocenters. The molecule has 1 aromatic rings. The van der Waals surface area contributed by atoms with Gasteiger partial charge in [0.25, 0.3) is 0 Å². The third-order valence-electron chi connectivity index (χ3n) is 6.51. The maximum absolute atomic E-state index is 13.1. The molecule has 1 aromatic carbocycles. The first-order chi connectivity index (χ1) is 13.9. The van der Waals surface area contributed by atoms with E-state index in [2.05, 4.69) is 10.2 Å². The monoisotopic (exact) mass is 403 g/mol. The minimum atomic E-state index is -0.281. The molecule has 29 heavy (non-hydrogen) atoms. The molecule has 3 rings (SSSR count). The van der Waals surface area contributed by atoms with Gasteiger partial charge in [0.05, 0.1) is 12.1 Å². The van der Waals surface area contributed by atoms with E-state index in [-0.39, 0.29) is 29.7 Å². The van der Waals surface area contributed by atoms with Crippen molar-refractivity contribution in [3.63, 3.8) is 0 Å². The van der Waals surface area contributed by atoms with Crippen LogP contribution in [-0.2, 0) is 9.59 Å². The van der Waals surface area contributed by atoms with Gasteiger partial charge in [0, 0.05) is 32.6 Å². The zero-order valence-electron chi connectivity index (χ0n) is 17.7. The lowest BCUT2D eigenvalue weighted by Crippen LogP contribution is -2.55. The molecule has 2 aliphatic rings. The molecule has 2 fully saturated rings. The highest BCUT2D eigenvalue weighted by Gasteiger charge is 2.29. The number of amides is 2. The molecule has 2 atom stereocenters. The molecule has 1 aliphatic carbocycles. The molecule has 0 spiro atoms. The molecule has 5 nitrogen and oxygen atoms in total. The summed E-state index contributed by atoms with van der Waals surface area (Å²) in [6, 6.07) is 5.77. The van der Waals surface area contributed by atoms with Crippen molar-refractivity contribution in [1.82, 2.24) is 15.1 Å². The van der Waals surface area contributed by atoms with E-state index < -0.39 is 0 Å². The van der Waals surface area contributed by atoms with Gasteiger partial charge in [-0.15, -0.1) is 0 Å². The van der Waals surface area contributed by atoms with Crippen LogP contribution in [0.2, 0.25) is 0 Å². The van der Waals surface area contributed by atoms with Crippen LogP contribution in [0.3, 0.4) is 0 Å². The summed E-state index contributed by atoms with van der Waals surface area (Å²) < 4.78 is 13.1. The van der Waals surface area contributed by atoms with Gasteiger partial charge in [-0.05, 0) is 50.3 Å². The highest BCUT2D eigenvalue weighted by molar-refractivity contribution is 5.82. The van der Waals surface area contributed by atoms with Crippen molar-refractivity contribution in [3.8, 4) is 0 Å². The van der Waals surface area contributed by atoms with E-state index >= 15 is 0 Å². The number of piperazine rings is 1. The highest BCUT2D eigenvalue weighted by Crippen LogP contribution is 2.27. The Labute approximate surface area is 173 Å². The summed E-state index contributed by atoms with van der Waals surface area (Å²) >= 11 is 0. The van der Waals surface area contributed by atoms with Crippen molar-refractivity contribution < 1.29 is 14.0 Å². The maximum Gasteiger partial charge on any atom is 0.237 e. The normalized spacial score (nSPS) is 20.9. The Morgan fingerprint density at radius 3 is 2.28 bits per heavy atom. The summed E-state index contributed by atoms with van der Waals surface area (Å²) in [6.45, 7) is 6.63. The summed E-state index contributed by atoms with van der Waals surface area (Å²) in [6.07, 6.45) is 6.89. The smallest absolute Gasteiger partial charge is 0.237 e. The maximum atomic E-state index is 13.1. The largest absolute Gasteiger partial charge is 0.348 e. The second-order valence-electron chi connectivity index (χ2n) is 8.58. The van der Waals surface area contributed by atoms with Crippen molar-refractivity contribution in [1.29, 1.82) is 0 Å². The van der Waals surface area contributed by atoms with Crippen molar-refractivity contribution in [2.75, 3.05) is 26.2 Å². The fourth-order valence-corrected chi connectivity index (χ4v) is 4.46. The molecule has 6 heteroatoms. The lowest BCUT2D eigenvalue weighted by atomic mass is 9.86. The minimum Gasteiger partial charge on any atom is -0.348 e. The van der Waals surface area contributed by atoms with E-state index in [1.807, 2.05) is 18.7 Å². The number of nitrogens with one attached hydrogen (secondary N) is 1. The third kappa shape index (κ3) is 6.01. The second-order valence-corrected chi connectivity index (χ2v) is 8.58. The average Bonchev–Trinajstić information content (AvgIpc) is 2.74. The van der Waals surface area contributed by atoms with E-state index in [0.29, 0.717) is 25.4 Å². The first-order valence-electron chi connectivity index (χ1n) is 11.0. The van der Waals surface area contributed by atoms with E-state index in [1.54, 1.807) is 12.1 Å². The molecule has 1 N–H and O–H groups in total. The number of carbonyl (C=O) groups is 2. The quantitative estimate of drug-likeness (QED) is 0.791. The van der Waals surface area contributed by atoms with Crippen molar-refractivity contribution in [2.24, 2.45) is 5.92 Å². The summed E-state index contributed by atoms with van der Waals surface area (Å²) in [4.78, 5) is 29.4. The number of rotatable bonds is 6. The first kappa shape index (κ1) is 21.8. The fraction of sp³-hybridized carbons (Fsp3) is 0.652. The zero-order chi connectivity index (χ0) is 20.8. The molecular formula is C23H34FN3O2. The Hall–Kier alpha value is -1.95. The van der Waals surface area contributed by atoms with Crippen molar-refractivity contribution in [2.45, 2.75) is 64.5 Å². The van der Waals surface area contributed by atoms with Crippen LogP contribution in [0.1, 0.15) is 64.0 Å². The van der Waals surface area contributed by atoms with Gasteiger partial charge >= 0.3 is 0 Å². The van der Waals surface area contributed by atoms with Gasteiger partial charge in [-0.25, -0.2) is 4.39 Å². The Kier molecular flexibility index (Phi) is 7.64. The number of carbonyl (C=O) groups excluding carboxylic acids is 2. The highest BCUT2D eigenvalue weighted by atomic mass is 19.1. The molecule has 160 valence electrons. The lowest BCUT2D eigenvalue weighted by molar-refractivity contribution is -0.135. The van der Waals surface area contributed by atoms with Gasteiger partial charge in [0.2, 0.25) is 11.8 Å². The molecule has 2 amide bonds. The molecule has 1 heterocycles. The van der Waals surface area contributed by atoms with E-state index in [4.69, 9.17) is 0 Å². The SMILES string of the molecule is CC(NC(=O)C(C)N1CCN(C(=O)CC2CCCCC2)CC1)c1ccc(F)cc1. The number of halogens is 1. The summed E-state index contributed by atoms with van der Waals surface area (Å²) in [5, 5.41) is 3.02. The number of hydrogen-bond acceptors (Lipinski definition) is 3. The molecule has 1 aliphatic heterocycles. The van der Waals surface area contributed by atoms with Crippen LogP contribution in [0, 0.1) is 11.7 Å². The van der Waals surface area contributed by atoms with Crippen LogP contribution in [0.4, 0.5) is 4.39 Å². The standard InChI is InChI=1S/C23H34FN3O2/c1-17(20-8-10-21(24)11-9-20)25-23(29)18(2)26-12-14-27(15-13-26)22(28)16-19-6-4-3-5-7-19/h8-11,17-19H,3-7,12-16H2,1-2H3,(H,25,29). The number of nitrogens with zero attached hydrogens (tertiary/aromatic N) is 2. The Balaban J connectivity index is 1.43. The summed E-state index contributed by atoms with van der Waals surface area (Å²) in [5.41, 5.74) is 0.880. The van der Waals surface area contributed by atoms with Gasteiger partial charge in [-0.2, -0.15) is 0 Å². The van der Waals surface area contributed by atoms with Crippen LogP contribution >= 0.6 is 0 Å². The van der Waals surface area contributed by atoms with E-state index in [9.17, 15) is 14.0 Å². The summed E-state index contributed by atoms with van der Waals surface area (Å²) in [7, 11) is 0. The Morgan fingerprint density at radius 1 is 1.03 bits per heavy atom. The van der Waals surface area contributed by atoms with Gasteiger partial charge in [-0.1, -0.05) is 31.4 Å². The average molecular weight is 404 g/mol. The molecular weight excluding hydrogens is 369 g/mol. The number of hydrogen-bond donors (Lipinski definition) is 1. The molecule has 0 aromatic heterocycles. The zero-order valence-corrected chi connectivity index (χ0v) is 17.7. The first-order valence-corrected chi connectivity index (χ1v) is 11.0. The predicted octanol–water partition coefficient (Wildman–Crippen LogP) is 3.51. The topological polar surface area (TPSA) is 52.7 Å². The Bertz CT molecular complexity index is 680. The number of benzene rings is 1. The molecule has 0 radical (unpaired) electrons. The van der Waals surface area contributed by atoms with Crippen LogP contribution in [0.5, 0.6) is 0 Å². The minimum absolute atomic E-state index is 0.0381. The van der Waals surface area contributed by atoms with Gasteiger partial charge in [0.15, 0.2) is 0 Å². The van der Waals surface area contributed by atoms with E-state index in [0.717, 1.165) is 18.7 Å². The van der Waals surface area contributed by atoms with Gasteiger partial charge in [0.1, 0.15) is 5.82 Å². The van der Waals surface area contributed by atoms with E-state index in [1.165, 1.54) is 44.2 Å². The molecule has 0 bridgehead atoms. The van der Waals surface area contributed by atoms with Crippen LogP contribution in [0.15, 0.2) is 24.3 Å². The summed E-state index contributed by atoms with van der Waals surface area (Å²) in [5.74, 6) is 0.519. The third-order valence-corrected chi connectivity index (χ3v) is 6.51. The molecule has 1 saturated carbocycles. The molecule has 1 saturated heterocycles.